The van der Waals surface area contributed by atoms with Gasteiger partial charge in [0.2, 0.25) is 0 Å². The first-order chi connectivity index (χ1) is 10.6. The van der Waals surface area contributed by atoms with Gasteiger partial charge in [0.05, 0.1) is 13.7 Å². The number of nitrogens with one attached hydrogen (secondary N) is 2. The summed E-state index contributed by atoms with van der Waals surface area (Å²) in [5, 5.41) is 6.35. The molecule has 23 heavy (non-hydrogen) atoms. The SMILES string of the molecule is COc1cc(C(=O)N[C@H]2CCCNC2)ccc1OCC(C)C.Cl. The fourth-order valence-corrected chi connectivity index (χ4v) is 2.43. The molecule has 5 nitrogen and oxygen atoms in total. The highest BCUT2D eigenvalue weighted by molar-refractivity contribution is 5.95. The van der Waals surface area contributed by atoms with Crippen molar-refractivity contribution >= 4 is 18.3 Å². The Morgan fingerprint density at radius 2 is 2.17 bits per heavy atom. The summed E-state index contributed by atoms with van der Waals surface area (Å²) in [7, 11) is 1.59. The van der Waals surface area contributed by atoms with Crippen molar-refractivity contribution in [1.29, 1.82) is 0 Å². The van der Waals surface area contributed by atoms with E-state index >= 15 is 0 Å². The summed E-state index contributed by atoms with van der Waals surface area (Å²) in [5.41, 5.74) is 0.597. The zero-order valence-electron chi connectivity index (χ0n) is 14.1. The van der Waals surface area contributed by atoms with Crippen molar-refractivity contribution in [2.24, 2.45) is 5.92 Å². The van der Waals surface area contributed by atoms with Gasteiger partial charge in [-0.25, -0.2) is 0 Å². The first kappa shape index (κ1) is 19.6. The summed E-state index contributed by atoms with van der Waals surface area (Å²) in [6, 6.07) is 5.52. The molecule has 1 heterocycles. The van der Waals surface area contributed by atoms with E-state index in [0.29, 0.717) is 29.6 Å². The Kier molecular flexibility index (Phi) is 8.20. The number of halogens is 1. The number of benzene rings is 1. The Morgan fingerprint density at radius 3 is 2.78 bits per heavy atom. The van der Waals surface area contributed by atoms with Crippen LogP contribution < -0.4 is 20.1 Å². The fraction of sp³-hybridized carbons (Fsp3) is 0.588. The summed E-state index contributed by atoms with van der Waals surface area (Å²) in [5.74, 6) is 1.64. The van der Waals surface area contributed by atoms with Crippen LogP contribution in [-0.4, -0.2) is 38.8 Å². The predicted molar refractivity (Wildman–Crippen MR) is 93.9 cm³/mol. The number of methoxy groups -OCH3 is 1. The maximum Gasteiger partial charge on any atom is 0.251 e. The Hall–Kier alpha value is -1.46. The second-order valence-corrected chi connectivity index (χ2v) is 6.09. The van der Waals surface area contributed by atoms with Crippen LogP contribution in [0.3, 0.4) is 0 Å². The molecule has 1 aliphatic rings. The van der Waals surface area contributed by atoms with E-state index < -0.39 is 0 Å². The van der Waals surface area contributed by atoms with Crippen LogP contribution in [0.1, 0.15) is 37.0 Å². The molecule has 0 radical (unpaired) electrons. The van der Waals surface area contributed by atoms with Gasteiger partial charge in [-0.2, -0.15) is 0 Å². The zero-order chi connectivity index (χ0) is 15.9. The molecule has 1 aliphatic heterocycles. The Bertz CT molecular complexity index is 503. The van der Waals surface area contributed by atoms with Crippen molar-refractivity contribution in [2.75, 3.05) is 26.8 Å². The van der Waals surface area contributed by atoms with Gasteiger partial charge in [-0.15, -0.1) is 12.4 Å². The fourth-order valence-electron chi connectivity index (χ4n) is 2.43. The summed E-state index contributed by atoms with van der Waals surface area (Å²) < 4.78 is 11.0. The van der Waals surface area contributed by atoms with Crippen molar-refractivity contribution in [3.8, 4) is 11.5 Å². The number of hydrogen-bond donors (Lipinski definition) is 2. The Labute approximate surface area is 144 Å². The number of hydrogen-bond acceptors (Lipinski definition) is 4. The molecule has 2 rings (SSSR count). The van der Waals surface area contributed by atoms with Crippen LogP contribution in [0.2, 0.25) is 0 Å². The molecule has 1 amide bonds. The van der Waals surface area contributed by atoms with E-state index in [0.717, 1.165) is 25.9 Å². The number of carbonyl (C=O) groups is 1. The first-order valence-electron chi connectivity index (χ1n) is 7.92. The maximum absolute atomic E-state index is 12.3. The first-order valence-corrected chi connectivity index (χ1v) is 7.92. The molecule has 1 fully saturated rings. The lowest BCUT2D eigenvalue weighted by Crippen LogP contribution is -2.45. The molecule has 0 aromatic heterocycles. The molecule has 0 spiro atoms. The largest absolute Gasteiger partial charge is 0.493 e. The van der Waals surface area contributed by atoms with E-state index in [1.807, 2.05) is 0 Å². The number of amides is 1. The predicted octanol–water partition coefficient (Wildman–Crippen LogP) is 2.63. The summed E-state index contributed by atoms with van der Waals surface area (Å²) in [6.07, 6.45) is 2.11. The monoisotopic (exact) mass is 342 g/mol. The Morgan fingerprint density at radius 1 is 1.39 bits per heavy atom. The molecule has 0 aliphatic carbocycles. The van der Waals surface area contributed by atoms with Gasteiger partial charge >= 0.3 is 0 Å². The molecular weight excluding hydrogens is 316 g/mol. The molecule has 2 N–H and O–H groups in total. The van der Waals surface area contributed by atoms with E-state index in [-0.39, 0.29) is 24.4 Å². The molecule has 1 saturated heterocycles. The van der Waals surface area contributed by atoms with E-state index in [1.54, 1.807) is 25.3 Å². The lowest BCUT2D eigenvalue weighted by Gasteiger charge is -2.24. The van der Waals surface area contributed by atoms with Gasteiger partial charge in [0.1, 0.15) is 0 Å². The van der Waals surface area contributed by atoms with Gasteiger partial charge in [-0.05, 0) is 43.5 Å². The van der Waals surface area contributed by atoms with Crippen LogP contribution in [0.25, 0.3) is 0 Å². The minimum absolute atomic E-state index is 0. The van der Waals surface area contributed by atoms with Gasteiger partial charge in [-0.1, -0.05) is 13.8 Å². The zero-order valence-corrected chi connectivity index (χ0v) is 14.9. The normalized spacial score (nSPS) is 17.3. The van der Waals surface area contributed by atoms with E-state index in [1.165, 1.54) is 0 Å². The minimum atomic E-state index is -0.0672. The molecule has 1 aromatic carbocycles. The van der Waals surface area contributed by atoms with E-state index in [9.17, 15) is 4.79 Å². The van der Waals surface area contributed by atoms with Gasteiger partial charge in [-0.3, -0.25) is 4.79 Å². The maximum atomic E-state index is 12.3. The molecule has 0 bridgehead atoms. The average molecular weight is 343 g/mol. The molecular formula is C17H27ClN2O3. The molecule has 1 aromatic rings. The van der Waals surface area contributed by atoms with Gasteiger partial charge in [0.25, 0.3) is 5.91 Å². The number of carbonyl (C=O) groups excluding carboxylic acids is 1. The van der Waals surface area contributed by atoms with Crippen molar-refractivity contribution in [2.45, 2.75) is 32.7 Å². The van der Waals surface area contributed by atoms with Crippen molar-refractivity contribution in [1.82, 2.24) is 10.6 Å². The highest BCUT2D eigenvalue weighted by Gasteiger charge is 2.17. The quantitative estimate of drug-likeness (QED) is 0.834. The number of piperidine rings is 1. The standard InChI is InChI=1S/C17H26N2O3.ClH/c1-12(2)11-22-15-7-6-13(9-16(15)21-3)17(20)19-14-5-4-8-18-10-14;/h6-7,9,12,14,18H,4-5,8,10-11H2,1-3H3,(H,19,20);1H/t14-;/m0./s1. The molecule has 130 valence electrons. The van der Waals surface area contributed by atoms with Gasteiger partial charge in [0.15, 0.2) is 11.5 Å². The van der Waals surface area contributed by atoms with Crippen molar-refractivity contribution in [3.05, 3.63) is 23.8 Å². The van der Waals surface area contributed by atoms with Crippen molar-refractivity contribution in [3.63, 3.8) is 0 Å². The second-order valence-electron chi connectivity index (χ2n) is 6.09. The third-order valence-corrected chi connectivity index (χ3v) is 3.63. The molecule has 6 heteroatoms. The number of rotatable bonds is 6. The number of ether oxygens (including phenoxy) is 2. The van der Waals surface area contributed by atoms with E-state index in [4.69, 9.17) is 9.47 Å². The van der Waals surface area contributed by atoms with Crippen molar-refractivity contribution < 1.29 is 14.3 Å². The Balaban J connectivity index is 0.00000264. The van der Waals surface area contributed by atoms with Crippen LogP contribution in [0.4, 0.5) is 0 Å². The van der Waals surface area contributed by atoms with Gasteiger partial charge in [0, 0.05) is 18.2 Å². The molecule has 0 unspecified atom stereocenters. The lowest BCUT2D eigenvalue weighted by molar-refractivity contribution is 0.0930. The van der Waals surface area contributed by atoms with Crippen LogP contribution in [0.15, 0.2) is 18.2 Å². The van der Waals surface area contributed by atoms with Crippen LogP contribution >= 0.6 is 12.4 Å². The highest BCUT2D eigenvalue weighted by Crippen LogP contribution is 2.28. The van der Waals surface area contributed by atoms with Crippen LogP contribution in [-0.2, 0) is 0 Å². The average Bonchev–Trinajstić information content (AvgIpc) is 2.53. The highest BCUT2D eigenvalue weighted by atomic mass is 35.5. The summed E-state index contributed by atoms with van der Waals surface area (Å²) >= 11 is 0. The molecule has 1 atom stereocenters. The second kappa shape index (κ2) is 9.63. The van der Waals surface area contributed by atoms with Crippen LogP contribution in [0, 0.1) is 5.92 Å². The summed E-state index contributed by atoms with van der Waals surface area (Å²) in [6.45, 7) is 6.66. The smallest absolute Gasteiger partial charge is 0.251 e. The third kappa shape index (κ3) is 5.92. The van der Waals surface area contributed by atoms with E-state index in [2.05, 4.69) is 24.5 Å². The topological polar surface area (TPSA) is 59.6 Å². The van der Waals surface area contributed by atoms with Crippen LogP contribution in [0.5, 0.6) is 11.5 Å². The minimum Gasteiger partial charge on any atom is -0.493 e. The summed E-state index contributed by atoms with van der Waals surface area (Å²) in [4.78, 5) is 12.3. The lowest BCUT2D eigenvalue weighted by atomic mass is 10.1. The third-order valence-electron chi connectivity index (χ3n) is 3.63. The van der Waals surface area contributed by atoms with Gasteiger partial charge < -0.3 is 20.1 Å². The molecule has 0 saturated carbocycles.